The lowest BCUT2D eigenvalue weighted by atomic mass is 9.95. The lowest BCUT2D eigenvalue weighted by molar-refractivity contribution is -0.123. The van der Waals surface area contributed by atoms with Gasteiger partial charge in [-0.05, 0) is 62.8 Å². The first-order chi connectivity index (χ1) is 17.3. The maximum Gasteiger partial charge on any atom is 0.248 e. The maximum atomic E-state index is 13.8. The van der Waals surface area contributed by atoms with Crippen LogP contribution in [0.3, 0.4) is 0 Å². The van der Waals surface area contributed by atoms with Crippen LogP contribution in [0.25, 0.3) is 12.2 Å². The van der Waals surface area contributed by atoms with Crippen molar-refractivity contribution < 1.29 is 17.7 Å². The Bertz CT molecular complexity index is 1390. The Morgan fingerprint density at radius 3 is 2.61 bits per heavy atom. The predicted octanol–water partition coefficient (Wildman–Crippen LogP) is 4.84. The molecular formula is C28H31N3O4S. The Labute approximate surface area is 212 Å². The molecule has 3 heterocycles. The highest BCUT2D eigenvalue weighted by atomic mass is 32.2. The lowest BCUT2D eigenvalue weighted by Gasteiger charge is -2.36. The molecule has 8 heteroatoms. The van der Waals surface area contributed by atoms with Crippen molar-refractivity contribution in [3.05, 3.63) is 76.7 Å². The van der Waals surface area contributed by atoms with Crippen LogP contribution in [0, 0.1) is 19.8 Å². The standard InChI is InChI=1S/C28H31N3O4S/c1-20-11-13-22(14-12-20)15-16-26-27(21(2)29-35-26)36(33,34)30-17-5-9-24(19-30)28(32)31-18-6-8-23-7-3-4-10-25(23)31/h3-4,7,10-16,24H,5-6,8-9,17-19H2,1-2H3. The highest BCUT2D eigenvalue weighted by Gasteiger charge is 2.38. The van der Waals surface area contributed by atoms with Crippen molar-refractivity contribution in [2.75, 3.05) is 24.5 Å². The van der Waals surface area contributed by atoms with Gasteiger partial charge in [-0.3, -0.25) is 4.79 Å². The van der Waals surface area contributed by atoms with E-state index in [1.54, 1.807) is 13.0 Å². The topological polar surface area (TPSA) is 83.7 Å². The van der Waals surface area contributed by atoms with Crippen LogP contribution in [0.1, 0.15) is 47.4 Å². The average Bonchev–Trinajstić information content (AvgIpc) is 3.28. The molecule has 0 radical (unpaired) electrons. The summed E-state index contributed by atoms with van der Waals surface area (Å²) in [5, 5.41) is 3.95. The van der Waals surface area contributed by atoms with E-state index in [9.17, 15) is 13.2 Å². The zero-order valence-corrected chi connectivity index (χ0v) is 21.5. The van der Waals surface area contributed by atoms with Crippen LogP contribution in [0.15, 0.2) is 57.9 Å². The summed E-state index contributed by atoms with van der Waals surface area (Å²) in [4.78, 5) is 15.5. The fourth-order valence-electron chi connectivity index (χ4n) is 5.12. The van der Waals surface area contributed by atoms with Gasteiger partial charge in [-0.25, -0.2) is 8.42 Å². The summed E-state index contributed by atoms with van der Waals surface area (Å²) in [6, 6.07) is 15.9. The molecule has 0 N–H and O–H groups in total. The Hall–Kier alpha value is -3.23. The average molecular weight is 506 g/mol. The number of aromatic nitrogens is 1. The molecule has 0 aliphatic carbocycles. The second-order valence-corrected chi connectivity index (χ2v) is 11.5. The molecule has 3 aromatic rings. The van der Waals surface area contributed by atoms with Crippen molar-refractivity contribution in [3.8, 4) is 0 Å². The van der Waals surface area contributed by atoms with E-state index in [4.69, 9.17) is 4.52 Å². The van der Waals surface area contributed by atoms with Gasteiger partial charge in [0.15, 0.2) is 10.7 Å². The SMILES string of the molecule is Cc1ccc(C=Cc2onc(C)c2S(=O)(=O)N2CCCC(C(=O)N3CCCc4ccccc43)C2)cc1. The van der Waals surface area contributed by atoms with E-state index in [2.05, 4.69) is 11.2 Å². The molecule has 1 atom stereocenters. The number of benzene rings is 2. The van der Waals surface area contributed by atoms with E-state index < -0.39 is 10.0 Å². The predicted molar refractivity (Wildman–Crippen MR) is 140 cm³/mol. The van der Waals surface area contributed by atoms with Gasteiger partial charge in [-0.15, -0.1) is 0 Å². The monoisotopic (exact) mass is 505 g/mol. The molecule has 2 aliphatic heterocycles. The third-order valence-electron chi connectivity index (χ3n) is 7.05. The molecule has 1 saturated heterocycles. The van der Waals surface area contributed by atoms with Crippen LogP contribution < -0.4 is 4.90 Å². The van der Waals surface area contributed by atoms with Gasteiger partial charge >= 0.3 is 0 Å². The van der Waals surface area contributed by atoms with E-state index in [0.717, 1.165) is 29.7 Å². The largest absolute Gasteiger partial charge is 0.355 e. The third-order valence-corrected chi connectivity index (χ3v) is 9.07. The molecule has 0 bridgehead atoms. The summed E-state index contributed by atoms with van der Waals surface area (Å²) in [5.41, 5.74) is 4.52. The summed E-state index contributed by atoms with van der Waals surface area (Å²) in [5.74, 6) is -0.179. The normalized spacial score (nSPS) is 18.9. The van der Waals surface area contributed by atoms with Crippen molar-refractivity contribution >= 4 is 33.8 Å². The van der Waals surface area contributed by atoms with Gasteiger partial charge in [0.25, 0.3) is 0 Å². The summed E-state index contributed by atoms with van der Waals surface area (Å²) < 4.78 is 34.3. The summed E-state index contributed by atoms with van der Waals surface area (Å²) >= 11 is 0. The quantitative estimate of drug-likeness (QED) is 0.495. The Balaban J connectivity index is 1.37. The number of anilines is 1. The molecule has 1 aromatic heterocycles. The van der Waals surface area contributed by atoms with Crippen LogP contribution in [0.2, 0.25) is 0 Å². The number of fused-ring (bicyclic) bond motifs is 1. The molecule has 5 rings (SSSR count). The van der Waals surface area contributed by atoms with Gasteiger partial charge < -0.3 is 9.42 Å². The zero-order chi connectivity index (χ0) is 25.3. The highest BCUT2D eigenvalue weighted by Crippen LogP contribution is 2.33. The molecule has 36 heavy (non-hydrogen) atoms. The number of hydrogen-bond donors (Lipinski definition) is 0. The van der Waals surface area contributed by atoms with Crippen LogP contribution in [0.4, 0.5) is 5.69 Å². The van der Waals surface area contributed by atoms with Crippen molar-refractivity contribution in [1.29, 1.82) is 0 Å². The van der Waals surface area contributed by atoms with E-state index in [1.807, 2.05) is 60.4 Å². The van der Waals surface area contributed by atoms with Crippen molar-refractivity contribution in [3.63, 3.8) is 0 Å². The van der Waals surface area contributed by atoms with Crippen molar-refractivity contribution in [2.24, 2.45) is 5.92 Å². The third kappa shape index (κ3) is 4.75. The first kappa shape index (κ1) is 24.5. The summed E-state index contributed by atoms with van der Waals surface area (Å²) in [6.45, 7) is 4.84. The smallest absolute Gasteiger partial charge is 0.248 e. The number of amides is 1. The van der Waals surface area contributed by atoms with Crippen LogP contribution in [0.5, 0.6) is 0 Å². The van der Waals surface area contributed by atoms with Crippen LogP contribution >= 0.6 is 0 Å². The van der Waals surface area contributed by atoms with E-state index in [0.29, 0.717) is 31.6 Å². The van der Waals surface area contributed by atoms with Crippen LogP contribution in [-0.4, -0.2) is 43.4 Å². The minimum atomic E-state index is -3.89. The maximum absolute atomic E-state index is 13.8. The first-order valence-corrected chi connectivity index (χ1v) is 13.9. The molecule has 0 saturated carbocycles. The zero-order valence-electron chi connectivity index (χ0n) is 20.7. The van der Waals surface area contributed by atoms with E-state index in [1.165, 1.54) is 9.87 Å². The number of hydrogen-bond acceptors (Lipinski definition) is 5. The molecule has 1 fully saturated rings. The number of nitrogens with zero attached hydrogens (tertiary/aromatic N) is 3. The lowest BCUT2D eigenvalue weighted by Crippen LogP contribution is -2.48. The molecule has 2 aromatic carbocycles. The van der Waals surface area contributed by atoms with Gasteiger partial charge in [-0.1, -0.05) is 59.3 Å². The molecule has 1 amide bonds. The number of aryl methyl sites for hydroxylation is 3. The van der Waals surface area contributed by atoms with Crippen LogP contribution in [-0.2, 0) is 21.2 Å². The van der Waals surface area contributed by atoms with Gasteiger partial charge in [0.1, 0.15) is 5.69 Å². The number of carbonyl (C=O) groups excluding carboxylic acids is 1. The Morgan fingerprint density at radius 1 is 1.03 bits per heavy atom. The van der Waals surface area contributed by atoms with Crippen molar-refractivity contribution in [1.82, 2.24) is 9.46 Å². The number of rotatable bonds is 5. The number of sulfonamides is 1. The Morgan fingerprint density at radius 2 is 1.81 bits per heavy atom. The molecule has 0 spiro atoms. The van der Waals surface area contributed by atoms with Gasteiger partial charge in [0.05, 0.1) is 5.92 Å². The fourth-order valence-corrected chi connectivity index (χ4v) is 6.90. The molecule has 1 unspecified atom stereocenters. The molecule has 7 nitrogen and oxygen atoms in total. The van der Waals surface area contributed by atoms with Gasteiger partial charge in [0.2, 0.25) is 15.9 Å². The number of piperidine rings is 1. The molecule has 188 valence electrons. The van der Waals surface area contributed by atoms with Crippen molar-refractivity contribution in [2.45, 2.75) is 44.4 Å². The summed E-state index contributed by atoms with van der Waals surface area (Å²) in [6.07, 6.45) is 6.63. The van der Waals surface area contributed by atoms with E-state index in [-0.39, 0.29) is 29.0 Å². The van der Waals surface area contributed by atoms with E-state index >= 15 is 0 Å². The number of para-hydroxylation sites is 1. The second kappa shape index (κ2) is 10.0. The fraction of sp³-hybridized carbons (Fsp3) is 0.357. The minimum Gasteiger partial charge on any atom is -0.355 e. The molecular weight excluding hydrogens is 474 g/mol. The second-order valence-electron chi connectivity index (χ2n) is 9.63. The highest BCUT2D eigenvalue weighted by molar-refractivity contribution is 7.89. The first-order valence-electron chi connectivity index (χ1n) is 12.4. The minimum absolute atomic E-state index is 0.00332. The van der Waals surface area contributed by atoms with Gasteiger partial charge in [0, 0.05) is 25.3 Å². The van der Waals surface area contributed by atoms with Gasteiger partial charge in [-0.2, -0.15) is 4.31 Å². The number of carbonyl (C=O) groups is 1. The summed E-state index contributed by atoms with van der Waals surface area (Å²) in [7, 11) is -3.89. The Kier molecular flexibility index (Phi) is 6.81. The molecule has 2 aliphatic rings.